The van der Waals surface area contributed by atoms with Crippen LogP contribution in [0.3, 0.4) is 0 Å². The van der Waals surface area contributed by atoms with Crippen molar-refractivity contribution in [3.8, 4) is 10.6 Å². The summed E-state index contributed by atoms with van der Waals surface area (Å²) >= 11 is 1.56. The molecule has 0 aliphatic rings. The predicted octanol–water partition coefficient (Wildman–Crippen LogP) is 4.30. The number of pyridine rings is 1. The second-order valence-electron chi connectivity index (χ2n) is 5.88. The molecule has 0 saturated carbocycles. The van der Waals surface area contributed by atoms with Crippen LogP contribution in [0.1, 0.15) is 5.56 Å². The molecule has 1 amide bonds. The number of fused-ring (bicyclic) bond motifs is 1. The lowest BCUT2D eigenvalue weighted by atomic mass is 10.1. The maximum Gasteiger partial charge on any atom is 0.255 e. The van der Waals surface area contributed by atoms with E-state index in [1.165, 1.54) is 12.2 Å². The summed E-state index contributed by atoms with van der Waals surface area (Å²) in [6, 6.07) is 16.7. The van der Waals surface area contributed by atoms with Gasteiger partial charge in [-0.05, 0) is 47.9 Å². The zero-order valence-electron chi connectivity index (χ0n) is 14.2. The normalized spacial score (nSPS) is 11.1. The molecule has 2 N–H and O–H groups in total. The van der Waals surface area contributed by atoms with Gasteiger partial charge in [-0.15, -0.1) is 11.3 Å². The van der Waals surface area contributed by atoms with Gasteiger partial charge in [0.05, 0.1) is 0 Å². The van der Waals surface area contributed by atoms with E-state index in [9.17, 15) is 9.59 Å². The minimum atomic E-state index is -0.301. The smallest absolute Gasteiger partial charge is 0.255 e. The SMILES string of the molecule is O=C(/C=C/c1cc2ccccc2[nH]c1=O)Nc1ccc(-c2nccs2)cc1. The first-order chi connectivity index (χ1) is 13.2. The van der Waals surface area contributed by atoms with Crippen LogP contribution in [0.2, 0.25) is 0 Å². The van der Waals surface area contributed by atoms with Crippen molar-refractivity contribution in [3.63, 3.8) is 0 Å². The summed E-state index contributed by atoms with van der Waals surface area (Å²) in [4.78, 5) is 31.3. The monoisotopic (exact) mass is 373 g/mol. The third-order valence-electron chi connectivity index (χ3n) is 4.03. The van der Waals surface area contributed by atoms with E-state index < -0.39 is 0 Å². The van der Waals surface area contributed by atoms with Gasteiger partial charge in [0, 0.05) is 40.0 Å². The molecule has 0 spiro atoms. The van der Waals surface area contributed by atoms with Crippen molar-refractivity contribution in [1.82, 2.24) is 9.97 Å². The van der Waals surface area contributed by atoms with Crippen LogP contribution < -0.4 is 10.9 Å². The Balaban J connectivity index is 1.48. The molecule has 2 aromatic heterocycles. The Bertz CT molecular complexity index is 1180. The van der Waals surface area contributed by atoms with Crippen LogP contribution in [0.4, 0.5) is 5.69 Å². The fraction of sp³-hybridized carbons (Fsp3) is 0. The van der Waals surface area contributed by atoms with E-state index in [1.54, 1.807) is 23.6 Å². The molecule has 0 saturated heterocycles. The predicted molar refractivity (Wildman–Crippen MR) is 110 cm³/mol. The lowest BCUT2D eigenvalue weighted by Crippen LogP contribution is -2.11. The Kier molecular flexibility index (Phi) is 4.63. The molecule has 6 heteroatoms. The van der Waals surface area contributed by atoms with Gasteiger partial charge < -0.3 is 10.3 Å². The van der Waals surface area contributed by atoms with Crippen LogP contribution in [-0.2, 0) is 4.79 Å². The highest BCUT2D eigenvalue weighted by molar-refractivity contribution is 7.13. The molecule has 0 fully saturated rings. The molecule has 0 aliphatic heterocycles. The highest BCUT2D eigenvalue weighted by Gasteiger charge is 2.03. The first-order valence-corrected chi connectivity index (χ1v) is 9.18. The van der Waals surface area contributed by atoms with E-state index in [2.05, 4.69) is 15.3 Å². The summed E-state index contributed by atoms with van der Waals surface area (Å²) in [5, 5.41) is 6.55. The van der Waals surface area contributed by atoms with Crippen LogP contribution in [-0.4, -0.2) is 15.9 Å². The number of carbonyl (C=O) groups is 1. The van der Waals surface area contributed by atoms with Crippen LogP contribution in [0.15, 0.2) is 77.0 Å². The second-order valence-corrected chi connectivity index (χ2v) is 6.77. The molecule has 0 bridgehead atoms. The van der Waals surface area contributed by atoms with E-state index in [0.29, 0.717) is 11.3 Å². The average Bonchev–Trinajstić information content (AvgIpc) is 3.22. The molecule has 0 aliphatic carbocycles. The van der Waals surface area contributed by atoms with Gasteiger partial charge >= 0.3 is 0 Å². The van der Waals surface area contributed by atoms with Crippen molar-refractivity contribution < 1.29 is 4.79 Å². The van der Waals surface area contributed by atoms with E-state index >= 15 is 0 Å². The lowest BCUT2D eigenvalue weighted by molar-refractivity contribution is -0.111. The van der Waals surface area contributed by atoms with Gasteiger partial charge in [0.1, 0.15) is 5.01 Å². The Hall–Kier alpha value is -3.51. The molecule has 27 heavy (non-hydrogen) atoms. The quantitative estimate of drug-likeness (QED) is 0.524. The number of aromatic amines is 1. The molecule has 0 radical (unpaired) electrons. The number of H-pyrrole nitrogens is 1. The number of benzene rings is 2. The number of hydrogen-bond acceptors (Lipinski definition) is 4. The largest absolute Gasteiger partial charge is 0.323 e. The Morgan fingerprint density at radius 2 is 1.93 bits per heavy atom. The van der Waals surface area contributed by atoms with Crippen LogP contribution in [0.25, 0.3) is 27.6 Å². The minimum absolute atomic E-state index is 0.231. The molecular formula is C21H15N3O2S. The molecule has 2 heterocycles. The molecule has 2 aromatic carbocycles. The van der Waals surface area contributed by atoms with E-state index in [1.807, 2.05) is 53.9 Å². The molecule has 132 valence electrons. The van der Waals surface area contributed by atoms with Crippen LogP contribution in [0.5, 0.6) is 0 Å². The molecule has 4 rings (SSSR count). The third-order valence-corrected chi connectivity index (χ3v) is 4.85. The van der Waals surface area contributed by atoms with Crippen molar-refractivity contribution >= 4 is 39.9 Å². The standard InChI is InChI=1S/C21H15N3O2S/c25-19(23-17-8-5-14(6-9-17)21-22-11-12-27-21)10-7-16-13-15-3-1-2-4-18(15)24-20(16)26/h1-13H,(H,23,25)(H,24,26)/b10-7+. The second kappa shape index (κ2) is 7.39. The van der Waals surface area contributed by atoms with Gasteiger partial charge in [-0.3, -0.25) is 9.59 Å². The maximum atomic E-state index is 12.2. The summed E-state index contributed by atoms with van der Waals surface area (Å²) in [5.74, 6) is -0.301. The van der Waals surface area contributed by atoms with E-state index in [4.69, 9.17) is 0 Å². The molecule has 0 unspecified atom stereocenters. The molecule has 4 aromatic rings. The van der Waals surface area contributed by atoms with Crippen molar-refractivity contribution in [2.24, 2.45) is 0 Å². The fourth-order valence-corrected chi connectivity index (χ4v) is 3.34. The number of amides is 1. The summed E-state index contributed by atoms with van der Waals surface area (Å²) in [6.45, 7) is 0. The number of rotatable bonds is 4. The van der Waals surface area contributed by atoms with Crippen LogP contribution >= 0.6 is 11.3 Å². The van der Waals surface area contributed by atoms with Gasteiger partial charge in [0.25, 0.3) is 5.56 Å². The fourth-order valence-electron chi connectivity index (χ4n) is 2.70. The van der Waals surface area contributed by atoms with Gasteiger partial charge in [0.15, 0.2) is 0 Å². The van der Waals surface area contributed by atoms with Gasteiger partial charge in [-0.2, -0.15) is 0 Å². The topological polar surface area (TPSA) is 74.8 Å². The Labute approximate surface area is 159 Å². The Morgan fingerprint density at radius 1 is 1.11 bits per heavy atom. The zero-order valence-corrected chi connectivity index (χ0v) is 15.0. The van der Waals surface area contributed by atoms with Gasteiger partial charge in [0.2, 0.25) is 5.91 Å². The van der Waals surface area contributed by atoms with Crippen molar-refractivity contribution in [2.75, 3.05) is 5.32 Å². The van der Waals surface area contributed by atoms with Crippen LogP contribution in [0, 0.1) is 0 Å². The van der Waals surface area contributed by atoms with E-state index in [-0.39, 0.29) is 11.5 Å². The zero-order chi connectivity index (χ0) is 18.6. The van der Waals surface area contributed by atoms with Gasteiger partial charge in [-0.1, -0.05) is 18.2 Å². The minimum Gasteiger partial charge on any atom is -0.323 e. The number of nitrogens with zero attached hydrogens (tertiary/aromatic N) is 1. The van der Waals surface area contributed by atoms with Crippen molar-refractivity contribution in [1.29, 1.82) is 0 Å². The van der Waals surface area contributed by atoms with Gasteiger partial charge in [-0.25, -0.2) is 4.98 Å². The number of para-hydroxylation sites is 1. The number of carbonyl (C=O) groups excluding carboxylic acids is 1. The Morgan fingerprint density at radius 3 is 2.70 bits per heavy atom. The van der Waals surface area contributed by atoms with E-state index in [0.717, 1.165) is 21.5 Å². The number of anilines is 1. The summed E-state index contributed by atoms with van der Waals surface area (Å²) < 4.78 is 0. The molecular weight excluding hydrogens is 358 g/mol. The van der Waals surface area contributed by atoms with Crippen molar-refractivity contribution in [2.45, 2.75) is 0 Å². The number of thiazole rings is 1. The maximum absolute atomic E-state index is 12.2. The number of aromatic nitrogens is 2. The molecule has 0 atom stereocenters. The summed E-state index contributed by atoms with van der Waals surface area (Å²) in [7, 11) is 0. The summed E-state index contributed by atoms with van der Waals surface area (Å²) in [6.07, 6.45) is 4.63. The first kappa shape index (κ1) is 16.9. The highest BCUT2D eigenvalue weighted by atomic mass is 32.1. The number of hydrogen-bond donors (Lipinski definition) is 2. The third kappa shape index (κ3) is 3.86. The number of nitrogens with one attached hydrogen (secondary N) is 2. The summed E-state index contributed by atoms with van der Waals surface area (Å²) in [5.41, 5.74) is 2.65. The highest BCUT2D eigenvalue weighted by Crippen LogP contribution is 2.23. The first-order valence-electron chi connectivity index (χ1n) is 8.30. The van der Waals surface area contributed by atoms with Crippen molar-refractivity contribution in [3.05, 3.63) is 88.2 Å². The molecule has 5 nitrogen and oxygen atoms in total. The lowest BCUT2D eigenvalue weighted by Gasteiger charge is -2.03. The average molecular weight is 373 g/mol.